The number of anilines is 1. The number of hydrogen-bond donors (Lipinski definition) is 1. The Labute approximate surface area is 102 Å². The van der Waals surface area contributed by atoms with E-state index in [-0.39, 0.29) is 0 Å². The number of aromatic nitrogens is 2. The molecule has 84 valence electrons. The van der Waals surface area contributed by atoms with Crippen LogP contribution in [0.4, 0.5) is 5.69 Å². The van der Waals surface area contributed by atoms with Gasteiger partial charge < -0.3 is 9.64 Å². The van der Waals surface area contributed by atoms with Gasteiger partial charge in [0.05, 0.1) is 24.9 Å². The van der Waals surface area contributed by atoms with Crippen LogP contribution in [0.15, 0.2) is 22.8 Å². The van der Waals surface area contributed by atoms with Gasteiger partial charge in [0.25, 0.3) is 0 Å². The lowest BCUT2D eigenvalue weighted by Crippen LogP contribution is -2.36. The van der Waals surface area contributed by atoms with Crippen molar-refractivity contribution >= 4 is 32.5 Å². The second kappa shape index (κ2) is 4.07. The van der Waals surface area contributed by atoms with Crippen LogP contribution in [0.2, 0.25) is 0 Å². The maximum absolute atomic E-state index is 5.35. The SMILES string of the molecule is Brc1cc(N2CCOCC2)cc2[nH]ncc12. The van der Waals surface area contributed by atoms with Gasteiger partial charge in [-0.3, -0.25) is 5.10 Å². The van der Waals surface area contributed by atoms with Crippen LogP contribution in [0.5, 0.6) is 0 Å². The maximum atomic E-state index is 5.35. The van der Waals surface area contributed by atoms with Crippen LogP contribution in [-0.4, -0.2) is 36.5 Å². The summed E-state index contributed by atoms with van der Waals surface area (Å²) < 4.78 is 6.43. The molecule has 1 aliphatic heterocycles. The summed E-state index contributed by atoms with van der Waals surface area (Å²) in [5.74, 6) is 0. The second-order valence-corrected chi connectivity index (χ2v) is 4.71. The van der Waals surface area contributed by atoms with Crippen LogP contribution in [0.1, 0.15) is 0 Å². The van der Waals surface area contributed by atoms with Gasteiger partial charge in [0.15, 0.2) is 0 Å². The Bertz CT molecular complexity index is 505. The molecule has 1 aromatic carbocycles. The molecule has 2 aromatic rings. The number of nitrogens with zero attached hydrogens (tertiary/aromatic N) is 2. The Morgan fingerprint density at radius 1 is 1.31 bits per heavy atom. The number of morpholine rings is 1. The number of aromatic amines is 1. The molecule has 3 rings (SSSR count). The molecule has 16 heavy (non-hydrogen) atoms. The van der Waals surface area contributed by atoms with E-state index < -0.39 is 0 Å². The van der Waals surface area contributed by atoms with Crippen molar-refractivity contribution in [3.05, 3.63) is 22.8 Å². The first-order chi connectivity index (χ1) is 7.84. The van der Waals surface area contributed by atoms with Gasteiger partial charge in [0.1, 0.15) is 0 Å². The van der Waals surface area contributed by atoms with E-state index in [1.807, 2.05) is 6.20 Å². The average Bonchev–Trinajstić information content (AvgIpc) is 2.79. The fraction of sp³-hybridized carbons (Fsp3) is 0.364. The summed E-state index contributed by atoms with van der Waals surface area (Å²) in [5.41, 5.74) is 2.28. The van der Waals surface area contributed by atoms with Gasteiger partial charge in [0, 0.05) is 28.6 Å². The zero-order valence-electron chi connectivity index (χ0n) is 8.74. The van der Waals surface area contributed by atoms with Gasteiger partial charge in [-0.05, 0) is 28.1 Å². The van der Waals surface area contributed by atoms with Crippen molar-refractivity contribution in [1.29, 1.82) is 0 Å². The number of fused-ring (bicyclic) bond motifs is 1. The minimum absolute atomic E-state index is 0.804. The van der Waals surface area contributed by atoms with Crippen LogP contribution in [0, 0.1) is 0 Å². The van der Waals surface area contributed by atoms with Crippen LogP contribution >= 0.6 is 15.9 Å². The highest BCUT2D eigenvalue weighted by Gasteiger charge is 2.13. The monoisotopic (exact) mass is 281 g/mol. The van der Waals surface area contributed by atoms with E-state index in [4.69, 9.17) is 4.74 Å². The summed E-state index contributed by atoms with van der Waals surface area (Å²) in [5, 5.41) is 8.17. The van der Waals surface area contributed by atoms with Crippen LogP contribution < -0.4 is 4.90 Å². The quantitative estimate of drug-likeness (QED) is 0.871. The third-order valence-electron chi connectivity index (χ3n) is 2.87. The highest BCUT2D eigenvalue weighted by atomic mass is 79.9. The van der Waals surface area contributed by atoms with Gasteiger partial charge in [0.2, 0.25) is 0 Å². The number of nitrogens with one attached hydrogen (secondary N) is 1. The summed E-state index contributed by atoms with van der Waals surface area (Å²) >= 11 is 3.58. The van der Waals surface area contributed by atoms with E-state index >= 15 is 0 Å². The molecular weight excluding hydrogens is 270 g/mol. The van der Waals surface area contributed by atoms with Crippen molar-refractivity contribution in [3.8, 4) is 0 Å². The minimum Gasteiger partial charge on any atom is -0.378 e. The highest BCUT2D eigenvalue weighted by molar-refractivity contribution is 9.10. The summed E-state index contributed by atoms with van der Waals surface area (Å²) in [6.45, 7) is 3.51. The second-order valence-electron chi connectivity index (χ2n) is 3.86. The number of ether oxygens (including phenoxy) is 1. The maximum Gasteiger partial charge on any atom is 0.0682 e. The molecule has 0 aliphatic carbocycles. The predicted octanol–water partition coefficient (Wildman–Crippen LogP) is 2.16. The Morgan fingerprint density at radius 3 is 2.94 bits per heavy atom. The van der Waals surface area contributed by atoms with Crippen molar-refractivity contribution in [2.45, 2.75) is 0 Å². The Balaban J connectivity index is 2.02. The molecule has 0 radical (unpaired) electrons. The smallest absolute Gasteiger partial charge is 0.0682 e. The molecule has 0 bridgehead atoms. The normalized spacial score (nSPS) is 16.9. The zero-order chi connectivity index (χ0) is 11.0. The van der Waals surface area contributed by atoms with Crippen molar-refractivity contribution in [3.63, 3.8) is 0 Å². The molecule has 1 saturated heterocycles. The van der Waals surface area contributed by atoms with Gasteiger partial charge in [-0.2, -0.15) is 5.10 Å². The first-order valence-electron chi connectivity index (χ1n) is 5.30. The van der Waals surface area contributed by atoms with E-state index in [1.54, 1.807) is 0 Å². The molecule has 0 spiro atoms. The van der Waals surface area contributed by atoms with E-state index in [0.29, 0.717) is 0 Å². The van der Waals surface area contributed by atoms with E-state index in [9.17, 15) is 0 Å². The number of rotatable bonds is 1. The zero-order valence-corrected chi connectivity index (χ0v) is 10.3. The fourth-order valence-corrected chi connectivity index (χ4v) is 2.55. The van der Waals surface area contributed by atoms with E-state index in [0.717, 1.165) is 41.7 Å². The molecule has 5 heteroatoms. The van der Waals surface area contributed by atoms with Gasteiger partial charge in [-0.15, -0.1) is 0 Å². The molecule has 0 unspecified atom stereocenters. The van der Waals surface area contributed by atoms with Crippen molar-refractivity contribution in [2.24, 2.45) is 0 Å². The highest BCUT2D eigenvalue weighted by Crippen LogP contribution is 2.29. The molecule has 1 fully saturated rings. The van der Waals surface area contributed by atoms with E-state index in [1.165, 1.54) is 5.69 Å². The van der Waals surface area contributed by atoms with Crippen LogP contribution in [0.3, 0.4) is 0 Å². The van der Waals surface area contributed by atoms with Crippen LogP contribution in [-0.2, 0) is 4.74 Å². The molecule has 0 saturated carbocycles. The molecule has 1 aromatic heterocycles. The standard InChI is InChI=1S/C11H12BrN3O/c12-10-5-8(15-1-3-16-4-2-15)6-11-9(10)7-13-14-11/h5-7H,1-4H2,(H,13,14). The summed E-state index contributed by atoms with van der Waals surface area (Å²) in [4.78, 5) is 2.33. The molecule has 0 atom stereocenters. The molecule has 4 nitrogen and oxygen atoms in total. The van der Waals surface area contributed by atoms with Crippen molar-refractivity contribution < 1.29 is 4.74 Å². The Hall–Kier alpha value is -1.07. The lowest BCUT2D eigenvalue weighted by atomic mass is 10.2. The predicted molar refractivity (Wildman–Crippen MR) is 66.8 cm³/mol. The van der Waals surface area contributed by atoms with Crippen LogP contribution in [0.25, 0.3) is 10.9 Å². The molecule has 1 aliphatic rings. The fourth-order valence-electron chi connectivity index (χ4n) is 2.00. The van der Waals surface area contributed by atoms with Gasteiger partial charge in [-0.25, -0.2) is 0 Å². The lowest BCUT2D eigenvalue weighted by molar-refractivity contribution is 0.122. The Morgan fingerprint density at radius 2 is 2.12 bits per heavy atom. The Kier molecular flexibility index (Phi) is 2.57. The van der Waals surface area contributed by atoms with Gasteiger partial charge >= 0.3 is 0 Å². The average molecular weight is 282 g/mol. The largest absolute Gasteiger partial charge is 0.378 e. The first-order valence-corrected chi connectivity index (χ1v) is 6.09. The molecular formula is C11H12BrN3O. The number of H-pyrrole nitrogens is 1. The van der Waals surface area contributed by atoms with Crippen molar-refractivity contribution in [2.75, 3.05) is 31.2 Å². The number of benzene rings is 1. The third kappa shape index (κ3) is 1.70. The third-order valence-corrected chi connectivity index (χ3v) is 3.53. The minimum atomic E-state index is 0.804. The molecule has 1 N–H and O–H groups in total. The molecule has 2 heterocycles. The van der Waals surface area contributed by atoms with Crippen molar-refractivity contribution in [1.82, 2.24) is 10.2 Å². The van der Waals surface area contributed by atoms with Gasteiger partial charge in [-0.1, -0.05) is 0 Å². The first kappa shape index (κ1) is 10.1. The number of hydrogen-bond acceptors (Lipinski definition) is 3. The summed E-state index contributed by atoms with van der Waals surface area (Å²) in [7, 11) is 0. The summed E-state index contributed by atoms with van der Waals surface area (Å²) in [6.07, 6.45) is 1.84. The lowest BCUT2D eigenvalue weighted by Gasteiger charge is -2.29. The summed E-state index contributed by atoms with van der Waals surface area (Å²) in [6, 6.07) is 4.28. The molecule has 0 amide bonds. The number of halogens is 1. The van der Waals surface area contributed by atoms with E-state index in [2.05, 4.69) is 43.2 Å². The topological polar surface area (TPSA) is 41.1 Å².